The Morgan fingerprint density at radius 1 is 1.26 bits per heavy atom. The standard InChI is InChI=1S/C17H20N2O4/c1-10(17(21)22)13-4-6-14(7-5-13)18-16(20)9-8-15-11(2)19-23-12(15)3/h4-7,10H,8-9H2,1-3H3,(H,18,20)(H,21,22). The van der Waals surface area contributed by atoms with Crippen LogP contribution in [0.4, 0.5) is 5.69 Å². The van der Waals surface area contributed by atoms with Gasteiger partial charge in [-0.15, -0.1) is 0 Å². The fourth-order valence-corrected chi connectivity index (χ4v) is 2.32. The van der Waals surface area contributed by atoms with Crippen molar-refractivity contribution < 1.29 is 19.2 Å². The summed E-state index contributed by atoms with van der Waals surface area (Å²) in [7, 11) is 0. The summed E-state index contributed by atoms with van der Waals surface area (Å²) < 4.78 is 5.07. The molecule has 1 heterocycles. The van der Waals surface area contributed by atoms with Crippen LogP contribution in [0, 0.1) is 13.8 Å². The van der Waals surface area contributed by atoms with Crippen LogP contribution in [-0.4, -0.2) is 22.1 Å². The number of carboxylic acids is 1. The lowest BCUT2D eigenvalue weighted by Crippen LogP contribution is -2.13. The summed E-state index contributed by atoms with van der Waals surface area (Å²) in [5, 5.41) is 15.6. The third kappa shape index (κ3) is 4.18. The van der Waals surface area contributed by atoms with Crippen LogP contribution < -0.4 is 5.32 Å². The first-order chi connectivity index (χ1) is 10.9. The summed E-state index contributed by atoms with van der Waals surface area (Å²) >= 11 is 0. The van der Waals surface area contributed by atoms with E-state index in [4.69, 9.17) is 9.63 Å². The Labute approximate surface area is 134 Å². The van der Waals surface area contributed by atoms with Gasteiger partial charge in [-0.2, -0.15) is 0 Å². The number of hydrogen-bond donors (Lipinski definition) is 2. The molecule has 0 aliphatic rings. The minimum absolute atomic E-state index is 0.107. The largest absolute Gasteiger partial charge is 0.481 e. The number of nitrogens with one attached hydrogen (secondary N) is 1. The molecule has 122 valence electrons. The van der Waals surface area contributed by atoms with Crippen molar-refractivity contribution in [1.82, 2.24) is 5.16 Å². The molecule has 23 heavy (non-hydrogen) atoms. The zero-order chi connectivity index (χ0) is 17.0. The fraction of sp³-hybridized carbons (Fsp3) is 0.353. The SMILES string of the molecule is Cc1noc(C)c1CCC(=O)Nc1ccc(C(C)C(=O)O)cc1. The zero-order valence-electron chi connectivity index (χ0n) is 13.4. The van der Waals surface area contributed by atoms with Gasteiger partial charge in [0.15, 0.2) is 0 Å². The number of carboxylic acid groups (broad SMARTS) is 1. The normalized spacial score (nSPS) is 12.0. The third-order valence-electron chi connectivity index (χ3n) is 3.85. The van der Waals surface area contributed by atoms with Crippen LogP contribution in [0.15, 0.2) is 28.8 Å². The van der Waals surface area contributed by atoms with Gasteiger partial charge in [0.05, 0.1) is 11.6 Å². The fourth-order valence-electron chi connectivity index (χ4n) is 2.32. The van der Waals surface area contributed by atoms with Crippen molar-refractivity contribution in [2.75, 3.05) is 5.32 Å². The second-order valence-electron chi connectivity index (χ2n) is 5.53. The maximum atomic E-state index is 12.0. The molecule has 2 aromatic rings. The van der Waals surface area contributed by atoms with Gasteiger partial charge in [0, 0.05) is 17.7 Å². The molecular formula is C17H20N2O4. The number of anilines is 1. The lowest BCUT2D eigenvalue weighted by Gasteiger charge is -2.09. The van der Waals surface area contributed by atoms with E-state index in [0.717, 1.165) is 17.0 Å². The van der Waals surface area contributed by atoms with E-state index < -0.39 is 11.9 Å². The lowest BCUT2D eigenvalue weighted by atomic mass is 10.0. The minimum Gasteiger partial charge on any atom is -0.481 e. The quantitative estimate of drug-likeness (QED) is 0.854. The third-order valence-corrected chi connectivity index (χ3v) is 3.85. The number of carbonyl (C=O) groups is 2. The van der Waals surface area contributed by atoms with E-state index in [1.807, 2.05) is 13.8 Å². The molecule has 0 fully saturated rings. The molecule has 0 saturated carbocycles. The number of nitrogens with zero attached hydrogens (tertiary/aromatic N) is 1. The van der Waals surface area contributed by atoms with Crippen molar-refractivity contribution in [2.45, 2.75) is 39.5 Å². The van der Waals surface area contributed by atoms with Crippen molar-refractivity contribution >= 4 is 17.6 Å². The number of aromatic nitrogens is 1. The average Bonchev–Trinajstić information content (AvgIpc) is 2.84. The van der Waals surface area contributed by atoms with Crippen LogP contribution in [0.25, 0.3) is 0 Å². The van der Waals surface area contributed by atoms with Gasteiger partial charge in [0.1, 0.15) is 5.76 Å². The number of rotatable bonds is 6. The average molecular weight is 316 g/mol. The first-order valence-corrected chi connectivity index (χ1v) is 7.43. The number of carbonyl (C=O) groups excluding carboxylic acids is 1. The van der Waals surface area contributed by atoms with Crippen LogP contribution in [0.2, 0.25) is 0 Å². The highest BCUT2D eigenvalue weighted by Crippen LogP contribution is 2.19. The highest BCUT2D eigenvalue weighted by atomic mass is 16.5. The molecule has 0 radical (unpaired) electrons. The molecule has 2 N–H and O–H groups in total. The second-order valence-corrected chi connectivity index (χ2v) is 5.53. The molecule has 6 heteroatoms. The molecule has 0 aliphatic carbocycles. The van der Waals surface area contributed by atoms with Crippen LogP contribution in [0.5, 0.6) is 0 Å². The van der Waals surface area contributed by atoms with Crippen LogP contribution in [0.1, 0.15) is 41.8 Å². The van der Waals surface area contributed by atoms with Gasteiger partial charge in [-0.3, -0.25) is 9.59 Å². The molecule has 1 aromatic heterocycles. The summed E-state index contributed by atoms with van der Waals surface area (Å²) in [5.41, 5.74) is 3.12. The van der Waals surface area contributed by atoms with Crippen molar-refractivity contribution in [1.29, 1.82) is 0 Å². The Hall–Kier alpha value is -2.63. The van der Waals surface area contributed by atoms with Crippen molar-refractivity contribution in [3.63, 3.8) is 0 Å². The smallest absolute Gasteiger partial charge is 0.310 e. The highest BCUT2D eigenvalue weighted by Gasteiger charge is 2.14. The van der Waals surface area contributed by atoms with Gasteiger partial charge < -0.3 is 14.9 Å². The Morgan fingerprint density at radius 2 is 1.91 bits per heavy atom. The summed E-state index contributed by atoms with van der Waals surface area (Å²) in [4.78, 5) is 22.9. The Bertz CT molecular complexity index is 684. The molecule has 0 saturated heterocycles. The van der Waals surface area contributed by atoms with Gasteiger partial charge in [0.2, 0.25) is 5.91 Å². The predicted octanol–water partition coefficient (Wildman–Crippen LogP) is 3.05. The lowest BCUT2D eigenvalue weighted by molar-refractivity contribution is -0.138. The number of aryl methyl sites for hydroxylation is 2. The maximum Gasteiger partial charge on any atom is 0.310 e. The van der Waals surface area contributed by atoms with E-state index in [9.17, 15) is 9.59 Å². The van der Waals surface area contributed by atoms with Gasteiger partial charge in [-0.05, 0) is 44.9 Å². The highest BCUT2D eigenvalue weighted by molar-refractivity contribution is 5.91. The van der Waals surface area contributed by atoms with E-state index in [-0.39, 0.29) is 5.91 Å². The molecule has 2 rings (SSSR count). The summed E-state index contributed by atoms with van der Waals surface area (Å²) in [5.74, 6) is -0.813. The molecule has 0 spiro atoms. The van der Waals surface area contributed by atoms with Crippen LogP contribution >= 0.6 is 0 Å². The Kier molecular flexibility index (Phi) is 5.16. The van der Waals surface area contributed by atoms with E-state index in [1.165, 1.54) is 0 Å². The van der Waals surface area contributed by atoms with Gasteiger partial charge >= 0.3 is 5.97 Å². The number of hydrogen-bond acceptors (Lipinski definition) is 4. The van der Waals surface area contributed by atoms with Crippen LogP contribution in [0.3, 0.4) is 0 Å². The van der Waals surface area contributed by atoms with Gasteiger partial charge in [-0.1, -0.05) is 17.3 Å². The predicted molar refractivity (Wildman–Crippen MR) is 85.4 cm³/mol. The summed E-state index contributed by atoms with van der Waals surface area (Å²) in [6, 6.07) is 6.84. The molecule has 1 unspecified atom stereocenters. The molecule has 0 aliphatic heterocycles. The minimum atomic E-state index is -0.874. The molecular weight excluding hydrogens is 296 g/mol. The molecule has 1 atom stereocenters. The maximum absolute atomic E-state index is 12.0. The molecule has 1 amide bonds. The Balaban J connectivity index is 1.92. The number of benzene rings is 1. The first kappa shape index (κ1) is 16.7. The van der Waals surface area contributed by atoms with Crippen molar-refractivity contribution in [2.24, 2.45) is 0 Å². The summed E-state index contributed by atoms with van der Waals surface area (Å²) in [6.45, 7) is 5.31. The van der Waals surface area contributed by atoms with Gasteiger partial charge in [0.25, 0.3) is 0 Å². The van der Waals surface area contributed by atoms with Gasteiger partial charge in [-0.25, -0.2) is 0 Å². The van der Waals surface area contributed by atoms with E-state index in [0.29, 0.717) is 24.1 Å². The Morgan fingerprint density at radius 3 is 2.43 bits per heavy atom. The van der Waals surface area contributed by atoms with E-state index >= 15 is 0 Å². The molecule has 1 aromatic carbocycles. The molecule has 0 bridgehead atoms. The van der Waals surface area contributed by atoms with Crippen molar-refractivity contribution in [3.8, 4) is 0 Å². The summed E-state index contributed by atoms with van der Waals surface area (Å²) in [6.07, 6.45) is 0.900. The van der Waals surface area contributed by atoms with Crippen molar-refractivity contribution in [3.05, 3.63) is 46.8 Å². The van der Waals surface area contributed by atoms with E-state index in [2.05, 4.69) is 10.5 Å². The monoisotopic (exact) mass is 316 g/mol. The topological polar surface area (TPSA) is 92.4 Å². The zero-order valence-corrected chi connectivity index (χ0v) is 13.4. The van der Waals surface area contributed by atoms with E-state index in [1.54, 1.807) is 31.2 Å². The molecule has 6 nitrogen and oxygen atoms in total. The second kappa shape index (κ2) is 7.09. The van der Waals surface area contributed by atoms with Crippen LogP contribution in [-0.2, 0) is 16.0 Å². The number of aliphatic carboxylic acids is 1. The first-order valence-electron chi connectivity index (χ1n) is 7.43. The number of amides is 1.